The molecular formula is C16H17BrClNS. The highest BCUT2D eigenvalue weighted by atomic mass is 79.9. The Hall–Kier alpha value is -0.480. The molecule has 0 saturated carbocycles. The van der Waals surface area contributed by atoms with Gasteiger partial charge in [-0.05, 0) is 42.0 Å². The largest absolute Gasteiger partial charge is 0.310 e. The van der Waals surface area contributed by atoms with E-state index in [-0.39, 0.29) is 0 Å². The molecule has 4 heteroatoms. The fraction of sp³-hybridized carbons (Fsp3) is 0.250. The molecule has 0 aromatic heterocycles. The average Bonchev–Trinajstić information content (AvgIpc) is 2.41. The first kappa shape index (κ1) is 15.9. The van der Waals surface area contributed by atoms with Crippen molar-refractivity contribution in [3.05, 3.63) is 57.5 Å². The number of hydrogen-bond acceptors (Lipinski definition) is 2. The highest BCUT2D eigenvalue weighted by Gasteiger charge is 2.05. The van der Waals surface area contributed by atoms with Crippen LogP contribution >= 0.6 is 39.3 Å². The molecule has 2 aromatic rings. The van der Waals surface area contributed by atoms with Crippen LogP contribution in [0.2, 0.25) is 5.02 Å². The van der Waals surface area contributed by atoms with Crippen molar-refractivity contribution in [1.82, 2.24) is 5.32 Å². The maximum absolute atomic E-state index is 6.37. The average molecular weight is 371 g/mol. The molecular weight excluding hydrogens is 354 g/mol. The van der Waals surface area contributed by atoms with E-state index in [9.17, 15) is 0 Å². The van der Waals surface area contributed by atoms with Gasteiger partial charge in [0.1, 0.15) is 0 Å². The summed E-state index contributed by atoms with van der Waals surface area (Å²) in [7, 11) is 0. The highest BCUT2D eigenvalue weighted by Crippen LogP contribution is 2.34. The van der Waals surface area contributed by atoms with Crippen molar-refractivity contribution < 1.29 is 0 Å². The summed E-state index contributed by atoms with van der Waals surface area (Å²) in [6.07, 6.45) is 0. The fourth-order valence-electron chi connectivity index (χ4n) is 1.69. The predicted octanol–water partition coefficient (Wildman–Crippen LogP) is 5.75. The number of rotatable bonds is 5. The van der Waals surface area contributed by atoms with Crippen molar-refractivity contribution in [3.8, 4) is 0 Å². The molecule has 0 aliphatic rings. The van der Waals surface area contributed by atoms with Gasteiger partial charge in [-0.25, -0.2) is 0 Å². The summed E-state index contributed by atoms with van der Waals surface area (Å²) >= 11 is 11.5. The molecule has 0 atom stereocenters. The SMILES string of the molecule is CC(C)NCc1ccc(Sc2ccc(Br)cc2)c(Cl)c1. The molecule has 0 radical (unpaired) electrons. The number of benzene rings is 2. The van der Waals surface area contributed by atoms with E-state index >= 15 is 0 Å². The van der Waals surface area contributed by atoms with Gasteiger partial charge in [0, 0.05) is 26.9 Å². The molecule has 0 spiro atoms. The molecule has 0 unspecified atom stereocenters. The molecule has 0 heterocycles. The first-order valence-corrected chi connectivity index (χ1v) is 8.48. The third-order valence-corrected chi connectivity index (χ3v) is 4.79. The molecule has 0 aliphatic heterocycles. The van der Waals surface area contributed by atoms with Crippen molar-refractivity contribution in [2.75, 3.05) is 0 Å². The van der Waals surface area contributed by atoms with Gasteiger partial charge in [0.25, 0.3) is 0 Å². The number of hydrogen-bond donors (Lipinski definition) is 1. The van der Waals surface area contributed by atoms with Gasteiger partial charge in [-0.3, -0.25) is 0 Å². The summed E-state index contributed by atoms with van der Waals surface area (Å²) in [6.45, 7) is 5.12. The molecule has 0 amide bonds. The van der Waals surface area contributed by atoms with Crippen LogP contribution < -0.4 is 5.32 Å². The fourth-order valence-corrected chi connectivity index (χ4v) is 3.09. The van der Waals surface area contributed by atoms with Gasteiger partial charge >= 0.3 is 0 Å². The van der Waals surface area contributed by atoms with Gasteiger partial charge in [-0.15, -0.1) is 0 Å². The molecule has 2 aromatic carbocycles. The molecule has 20 heavy (non-hydrogen) atoms. The van der Waals surface area contributed by atoms with Gasteiger partial charge < -0.3 is 5.32 Å². The van der Waals surface area contributed by atoms with Crippen LogP contribution in [-0.2, 0) is 6.54 Å². The second-order valence-electron chi connectivity index (χ2n) is 4.86. The molecule has 0 saturated heterocycles. The Morgan fingerprint density at radius 1 is 1.15 bits per heavy atom. The zero-order chi connectivity index (χ0) is 14.5. The monoisotopic (exact) mass is 369 g/mol. The van der Waals surface area contributed by atoms with Gasteiger partial charge in [0.2, 0.25) is 0 Å². The first-order valence-electron chi connectivity index (χ1n) is 6.50. The van der Waals surface area contributed by atoms with Gasteiger partial charge in [0.15, 0.2) is 0 Å². The van der Waals surface area contributed by atoms with E-state index in [0.29, 0.717) is 6.04 Å². The number of nitrogens with one attached hydrogen (secondary N) is 1. The summed E-state index contributed by atoms with van der Waals surface area (Å²) in [4.78, 5) is 2.27. The summed E-state index contributed by atoms with van der Waals surface area (Å²) in [5, 5.41) is 4.20. The quantitative estimate of drug-likeness (QED) is 0.719. The predicted molar refractivity (Wildman–Crippen MR) is 91.7 cm³/mol. The van der Waals surface area contributed by atoms with Crippen LogP contribution in [-0.4, -0.2) is 6.04 Å². The molecule has 1 N–H and O–H groups in total. The third kappa shape index (κ3) is 4.81. The summed E-state index contributed by atoms with van der Waals surface area (Å²) in [5.74, 6) is 0. The zero-order valence-corrected chi connectivity index (χ0v) is 14.6. The summed E-state index contributed by atoms with van der Waals surface area (Å²) < 4.78 is 1.09. The molecule has 0 bridgehead atoms. The number of halogens is 2. The Bertz CT molecular complexity index is 569. The smallest absolute Gasteiger partial charge is 0.0548 e. The van der Waals surface area contributed by atoms with Crippen molar-refractivity contribution in [2.24, 2.45) is 0 Å². The minimum absolute atomic E-state index is 0.477. The Kier molecular flexibility index (Phi) is 5.97. The van der Waals surface area contributed by atoms with Crippen molar-refractivity contribution in [1.29, 1.82) is 0 Å². The maximum atomic E-state index is 6.37. The van der Waals surface area contributed by atoms with E-state index in [0.717, 1.165) is 20.9 Å². The van der Waals surface area contributed by atoms with Crippen LogP contribution in [0, 0.1) is 0 Å². The van der Waals surface area contributed by atoms with E-state index in [2.05, 4.69) is 59.4 Å². The molecule has 0 aliphatic carbocycles. The summed E-state index contributed by atoms with van der Waals surface area (Å²) in [6, 6.07) is 15.0. The molecule has 1 nitrogen and oxygen atoms in total. The maximum Gasteiger partial charge on any atom is 0.0548 e. The van der Waals surface area contributed by atoms with Crippen LogP contribution in [0.15, 0.2) is 56.7 Å². The lowest BCUT2D eigenvalue weighted by Crippen LogP contribution is -2.21. The Morgan fingerprint density at radius 2 is 1.85 bits per heavy atom. The van der Waals surface area contributed by atoms with Crippen LogP contribution in [0.3, 0.4) is 0 Å². The second-order valence-corrected chi connectivity index (χ2v) is 7.29. The second kappa shape index (κ2) is 7.51. The summed E-state index contributed by atoms with van der Waals surface area (Å²) in [5.41, 5.74) is 1.21. The van der Waals surface area contributed by atoms with Crippen molar-refractivity contribution in [3.63, 3.8) is 0 Å². The van der Waals surface area contributed by atoms with Crippen LogP contribution in [0.5, 0.6) is 0 Å². The van der Waals surface area contributed by atoms with E-state index in [1.54, 1.807) is 11.8 Å². The highest BCUT2D eigenvalue weighted by molar-refractivity contribution is 9.10. The van der Waals surface area contributed by atoms with Crippen molar-refractivity contribution in [2.45, 2.75) is 36.2 Å². The Morgan fingerprint density at radius 3 is 2.45 bits per heavy atom. The van der Waals surface area contributed by atoms with Crippen LogP contribution in [0.25, 0.3) is 0 Å². The lowest BCUT2D eigenvalue weighted by Gasteiger charge is -2.10. The van der Waals surface area contributed by atoms with E-state index in [1.165, 1.54) is 10.5 Å². The minimum atomic E-state index is 0.477. The third-order valence-electron chi connectivity index (χ3n) is 2.75. The minimum Gasteiger partial charge on any atom is -0.310 e. The standard InChI is InChI=1S/C16H17BrClNS/c1-11(2)19-10-12-3-8-16(15(18)9-12)20-14-6-4-13(17)5-7-14/h3-9,11,19H,10H2,1-2H3. The topological polar surface area (TPSA) is 12.0 Å². The van der Waals surface area contributed by atoms with Crippen LogP contribution in [0.4, 0.5) is 0 Å². The van der Waals surface area contributed by atoms with Gasteiger partial charge in [-0.1, -0.05) is 59.2 Å². The normalized spacial score (nSPS) is 11.1. The molecule has 2 rings (SSSR count). The van der Waals surface area contributed by atoms with E-state index in [1.807, 2.05) is 18.2 Å². The van der Waals surface area contributed by atoms with Crippen LogP contribution in [0.1, 0.15) is 19.4 Å². The Balaban J connectivity index is 2.07. The van der Waals surface area contributed by atoms with E-state index in [4.69, 9.17) is 11.6 Å². The van der Waals surface area contributed by atoms with Gasteiger partial charge in [0.05, 0.1) is 5.02 Å². The lowest BCUT2D eigenvalue weighted by atomic mass is 10.2. The van der Waals surface area contributed by atoms with E-state index < -0.39 is 0 Å². The molecule has 106 valence electrons. The van der Waals surface area contributed by atoms with Gasteiger partial charge in [-0.2, -0.15) is 0 Å². The Labute approximate surface area is 138 Å². The first-order chi connectivity index (χ1) is 9.54. The molecule has 0 fully saturated rings. The zero-order valence-electron chi connectivity index (χ0n) is 11.5. The van der Waals surface area contributed by atoms with Crippen molar-refractivity contribution >= 4 is 39.3 Å². The lowest BCUT2D eigenvalue weighted by molar-refractivity contribution is 0.589.